The molecule has 0 spiro atoms. The van der Waals surface area contributed by atoms with Crippen LogP contribution in [0.1, 0.15) is 0 Å². The predicted octanol–water partition coefficient (Wildman–Crippen LogP) is 11.0. The van der Waals surface area contributed by atoms with E-state index in [1.54, 1.807) is 0 Å². The second-order valence-electron chi connectivity index (χ2n) is 13.1. The predicted molar refractivity (Wildman–Crippen MR) is 228 cm³/mol. The van der Waals surface area contributed by atoms with Gasteiger partial charge < -0.3 is 4.90 Å². The number of rotatable bonds is 9. The molecule has 0 atom stereocenters. The molecular formula is C50H35GeN3. The van der Waals surface area contributed by atoms with Gasteiger partial charge >= 0.3 is 223 Å². The topological polar surface area (TPSA) is 12.0 Å². The summed E-state index contributed by atoms with van der Waals surface area (Å²) in [6.45, 7) is 14.7. The number of nitrogens with zero attached hydrogens (tertiary/aromatic N) is 3. The van der Waals surface area contributed by atoms with Gasteiger partial charge in [-0.15, -0.1) is 0 Å². The Morgan fingerprint density at radius 2 is 0.556 bits per heavy atom. The van der Waals surface area contributed by atoms with E-state index in [2.05, 4.69) is 178 Å². The third-order valence-electron chi connectivity index (χ3n) is 10.1. The molecule has 8 aromatic rings. The van der Waals surface area contributed by atoms with Crippen molar-refractivity contribution in [3.8, 4) is 22.3 Å². The largest absolute Gasteiger partial charge is 0.0545 e. The Hall–Kier alpha value is -6.92. The number of anilines is 3. The fourth-order valence-corrected chi connectivity index (χ4v) is 17.4. The molecule has 0 saturated heterocycles. The zero-order valence-corrected chi connectivity index (χ0v) is 31.6. The standard InChI is InChI=1S/C50H35GeN3/c1-52-46-28-34-49(35-29-46)54(50-36-30-47(53-2)31-37-50)48-32-24-41(25-33-48)39-20-18-38(19-21-39)40-22-26-45(27-23-40)51(42-12-6-3-7-13-42,43-14-8-4-9-15-43)44-16-10-5-11-17-44/h3-37H. The van der Waals surface area contributed by atoms with Gasteiger partial charge in [0.05, 0.1) is 13.1 Å². The first kappa shape index (κ1) is 34.2. The van der Waals surface area contributed by atoms with Crippen molar-refractivity contribution in [3.05, 3.63) is 235 Å². The van der Waals surface area contributed by atoms with Crippen LogP contribution in [0, 0.1) is 13.1 Å². The van der Waals surface area contributed by atoms with Gasteiger partial charge in [0, 0.05) is 11.4 Å². The second-order valence-corrected chi connectivity index (χ2v) is 21.1. The SMILES string of the molecule is [C-]#[N+]c1ccc(N(c2ccc([N+]#[C-])cc2)c2ccc(-c3ccc(-c4cc[c]([Ge]([c]5ccccc5)([c]5ccccc5)[c]5ccccc5)cc4)cc3)cc2)cc1. The fourth-order valence-electron chi connectivity index (χ4n) is 7.43. The van der Waals surface area contributed by atoms with Crippen LogP contribution < -0.4 is 22.5 Å². The van der Waals surface area contributed by atoms with Crippen molar-refractivity contribution in [2.45, 2.75) is 0 Å². The first-order valence-corrected chi connectivity index (χ1v) is 22.1. The van der Waals surface area contributed by atoms with Crippen LogP contribution >= 0.6 is 0 Å². The van der Waals surface area contributed by atoms with Gasteiger partial charge in [-0.25, -0.2) is 9.69 Å². The van der Waals surface area contributed by atoms with Crippen LogP contribution in [0.25, 0.3) is 31.9 Å². The second kappa shape index (κ2) is 15.4. The summed E-state index contributed by atoms with van der Waals surface area (Å²) in [5, 5.41) is 0. The maximum Gasteiger partial charge on any atom is -0.0485 e. The Kier molecular flexibility index (Phi) is 9.72. The molecule has 8 rings (SSSR count). The Morgan fingerprint density at radius 1 is 0.296 bits per heavy atom. The molecule has 0 saturated carbocycles. The van der Waals surface area contributed by atoms with Crippen LogP contribution in [0.4, 0.5) is 28.4 Å². The minimum atomic E-state index is -3.30. The summed E-state index contributed by atoms with van der Waals surface area (Å²) in [5.41, 5.74) is 8.70. The summed E-state index contributed by atoms with van der Waals surface area (Å²) in [5.74, 6) is 0. The van der Waals surface area contributed by atoms with Crippen LogP contribution in [0.15, 0.2) is 212 Å². The molecule has 0 amide bonds. The van der Waals surface area contributed by atoms with E-state index in [-0.39, 0.29) is 0 Å². The summed E-state index contributed by atoms with van der Waals surface area (Å²) in [6, 6.07) is 75.1. The summed E-state index contributed by atoms with van der Waals surface area (Å²) in [7, 11) is 0. The summed E-state index contributed by atoms with van der Waals surface area (Å²) in [6.07, 6.45) is 0. The molecule has 0 fully saturated rings. The monoisotopic (exact) mass is 751 g/mol. The van der Waals surface area contributed by atoms with Crippen LogP contribution in [0.2, 0.25) is 0 Å². The molecule has 8 aromatic carbocycles. The van der Waals surface area contributed by atoms with Gasteiger partial charge in [-0.1, -0.05) is 24.3 Å². The van der Waals surface area contributed by atoms with Crippen molar-refractivity contribution in [2.24, 2.45) is 0 Å². The van der Waals surface area contributed by atoms with E-state index in [0.29, 0.717) is 11.4 Å². The first-order chi connectivity index (χ1) is 26.7. The maximum absolute atomic E-state index is 7.37. The molecule has 0 aliphatic heterocycles. The van der Waals surface area contributed by atoms with Gasteiger partial charge in [0.25, 0.3) is 0 Å². The van der Waals surface area contributed by atoms with E-state index in [1.165, 1.54) is 28.7 Å². The van der Waals surface area contributed by atoms with Crippen molar-refractivity contribution < 1.29 is 0 Å². The number of benzene rings is 8. The van der Waals surface area contributed by atoms with Crippen LogP contribution in [-0.4, -0.2) is 13.3 Å². The molecule has 4 heteroatoms. The van der Waals surface area contributed by atoms with E-state index in [4.69, 9.17) is 13.1 Å². The Morgan fingerprint density at radius 3 is 0.870 bits per heavy atom. The van der Waals surface area contributed by atoms with Crippen LogP contribution in [-0.2, 0) is 0 Å². The number of hydrogen-bond donors (Lipinski definition) is 0. The van der Waals surface area contributed by atoms with E-state index in [9.17, 15) is 0 Å². The molecule has 0 aromatic heterocycles. The molecule has 254 valence electrons. The maximum atomic E-state index is 7.37. The van der Waals surface area contributed by atoms with E-state index in [0.717, 1.165) is 28.2 Å². The summed E-state index contributed by atoms with van der Waals surface area (Å²) < 4.78 is 5.64. The van der Waals surface area contributed by atoms with Crippen molar-refractivity contribution >= 4 is 59.3 Å². The minimum Gasteiger partial charge on any atom is -0.0545 e. The molecule has 0 heterocycles. The summed E-state index contributed by atoms with van der Waals surface area (Å²) >= 11 is -3.30. The molecule has 0 N–H and O–H groups in total. The van der Waals surface area contributed by atoms with Gasteiger partial charge in [-0.05, 0) is 24.3 Å². The third-order valence-corrected chi connectivity index (χ3v) is 20.2. The Labute approximate surface area is 320 Å². The average Bonchev–Trinajstić information content (AvgIpc) is 3.26. The molecule has 0 aliphatic carbocycles. The van der Waals surface area contributed by atoms with Crippen molar-refractivity contribution in [2.75, 3.05) is 4.90 Å². The van der Waals surface area contributed by atoms with Gasteiger partial charge in [0.15, 0.2) is 11.4 Å². The first-order valence-electron chi connectivity index (χ1n) is 17.9. The minimum absolute atomic E-state index is 0.596. The Balaban J connectivity index is 1.10. The summed E-state index contributed by atoms with van der Waals surface area (Å²) in [4.78, 5) is 9.26. The quantitative estimate of drug-likeness (QED) is 0.106. The van der Waals surface area contributed by atoms with Crippen molar-refractivity contribution in [3.63, 3.8) is 0 Å². The zero-order valence-electron chi connectivity index (χ0n) is 29.5. The van der Waals surface area contributed by atoms with E-state index < -0.39 is 13.3 Å². The smallest absolute Gasteiger partial charge is 0.0485 e. The van der Waals surface area contributed by atoms with Gasteiger partial charge in [-0.3, -0.25) is 0 Å². The van der Waals surface area contributed by atoms with Crippen LogP contribution in [0.3, 0.4) is 0 Å². The van der Waals surface area contributed by atoms with Gasteiger partial charge in [0.1, 0.15) is 0 Å². The van der Waals surface area contributed by atoms with Crippen molar-refractivity contribution in [1.29, 1.82) is 0 Å². The number of hydrogen-bond acceptors (Lipinski definition) is 1. The van der Waals surface area contributed by atoms with Gasteiger partial charge in [-0.2, -0.15) is 0 Å². The normalized spacial score (nSPS) is 10.9. The molecule has 0 radical (unpaired) electrons. The average molecular weight is 750 g/mol. The molecular weight excluding hydrogens is 715 g/mol. The van der Waals surface area contributed by atoms with Crippen LogP contribution in [0.5, 0.6) is 0 Å². The van der Waals surface area contributed by atoms with Gasteiger partial charge in [0.2, 0.25) is 0 Å². The third kappa shape index (κ3) is 6.61. The zero-order chi connectivity index (χ0) is 36.7. The Bertz CT molecular complexity index is 2400. The van der Waals surface area contributed by atoms with E-state index in [1.807, 2.05) is 48.5 Å². The van der Waals surface area contributed by atoms with E-state index >= 15 is 0 Å². The molecule has 0 unspecified atom stereocenters. The molecule has 54 heavy (non-hydrogen) atoms. The molecule has 0 aliphatic rings. The fraction of sp³-hybridized carbons (Fsp3) is 0. The molecule has 0 bridgehead atoms. The van der Waals surface area contributed by atoms with Crippen molar-refractivity contribution in [1.82, 2.24) is 0 Å². The molecule has 3 nitrogen and oxygen atoms in total.